The Labute approximate surface area is 216 Å². The van der Waals surface area contributed by atoms with Gasteiger partial charge in [-0.1, -0.05) is 30.3 Å². The monoisotopic (exact) mass is 513 g/mol. The minimum absolute atomic E-state index is 0.0351. The third kappa shape index (κ3) is 3.07. The molecule has 0 aliphatic carbocycles. The van der Waals surface area contributed by atoms with Crippen molar-refractivity contribution in [1.82, 2.24) is 10.2 Å². The van der Waals surface area contributed by atoms with Crippen molar-refractivity contribution in [1.29, 1.82) is 0 Å². The van der Waals surface area contributed by atoms with Crippen LogP contribution in [0.25, 0.3) is 0 Å². The van der Waals surface area contributed by atoms with Crippen LogP contribution in [-0.4, -0.2) is 45.7 Å². The normalized spacial score (nSPS) is 26.7. The highest BCUT2D eigenvalue weighted by Gasteiger charge is 2.70. The number of hydrogen-bond acceptors (Lipinski definition) is 8. The highest BCUT2D eigenvalue weighted by Crippen LogP contribution is 2.53. The average molecular weight is 514 g/mol. The molecule has 0 aromatic heterocycles. The van der Waals surface area contributed by atoms with Crippen LogP contribution in [0.3, 0.4) is 0 Å². The summed E-state index contributed by atoms with van der Waals surface area (Å²) < 4.78 is 10.8. The number of anilines is 1. The van der Waals surface area contributed by atoms with Crippen LogP contribution in [-0.2, 0) is 32.9 Å². The summed E-state index contributed by atoms with van der Waals surface area (Å²) in [5, 5.41) is 26.0. The van der Waals surface area contributed by atoms with Gasteiger partial charge in [0.05, 0.1) is 18.4 Å². The van der Waals surface area contributed by atoms with Crippen LogP contribution in [0.4, 0.5) is 5.69 Å². The van der Waals surface area contributed by atoms with E-state index in [2.05, 4.69) is 10.6 Å². The fourth-order valence-electron chi connectivity index (χ4n) is 6.32. The van der Waals surface area contributed by atoms with Gasteiger partial charge in [0.1, 0.15) is 5.54 Å². The highest BCUT2D eigenvalue weighted by molar-refractivity contribution is 6.15. The first-order valence-electron chi connectivity index (χ1n) is 12.3. The topological polar surface area (TPSA) is 137 Å². The number of ether oxygens (including phenoxy) is 2. The maximum absolute atomic E-state index is 14.0. The van der Waals surface area contributed by atoms with Crippen molar-refractivity contribution < 1.29 is 34.1 Å². The Bertz CT molecular complexity index is 1540. The maximum atomic E-state index is 14.0. The summed E-state index contributed by atoms with van der Waals surface area (Å²) >= 11 is 0. The number of imide groups is 1. The number of benzene rings is 3. The van der Waals surface area contributed by atoms with E-state index in [1.54, 1.807) is 48.5 Å². The molecule has 3 amide bonds. The summed E-state index contributed by atoms with van der Waals surface area (Å²) in [5.41, 5.74) is 1.16. The van der Waals surface area contributed by atoms with Crippen LogP contribution in [0.1, 0.15) is 16.7 Å². The molecule has 10 nitrogen and oxygen atoms in total. The number of fused-ring (bicyclic) bond motifs is 5. The number of phenolic OH excluding ortho intramolecular Hbond substituents is 2. The largest absolute Gasteiger partial charge is 0.504 e. The van der Waals surface area contributed by atoms with E-state index in [1.807, 2.05) is 0 Å². The fourth-order valence-corrected chi connectivity index (χ4v) is 6.32. The molecule has 2 fully saturated rings. The van der Waals surface area contributed by atoms with Crippen molar-refractivity contribution in [3.63, 3.8) is 0 Å². The summed E-state index contributed by atoms with van der Waals surface area (Å²) in [7, 11) is 0. The molecule has 4 heterocycles. The SMILES string of the molecule is O=C1[C@@H]2[C@@H](Cc3ccc(O)c(O)c3)N[C@]3(C(=O)Nc4ccccc43)[C@H]2C(=O)N1Cc1ccc2c(c1)OCO2. The number of aromatic hydroxyl groups is 2. The van der Waals surface area contributed by atoms with Gasteiger partial charge in [0, 0.05) is 17.3 Å². The number of hydrogen-bond donors (Lipinski definition) is 4. The van der Waals surface area contributed by atoms with Crippen LogP contribution in [0, 0.1) is 11.8 Å². The number of amides is 3. The molecule has 0 unspecified atom stereocenters. The number of likely N-dealkylation sites (tertiary alicyclic amines) is 1. The van der Waals surface area contributed by atoms with E-state index >= 15 is 0 Å². The van der Waals surface area contributed by atoms with Gasteiger partial charge < -0.3 is 25.0 Å². The molecule has 4 N–H and O–H groups in total. The van der Waals surface area contributed by atoms with Gasteiger partial charge in [-0.2, -0.15) is 0 Å². The molecule has 4 atom stereocenters. The maximum Gasteiger partial charge on any atom is 0.250 e. The molecule has 38 heavy (non-hydrogen) atoms. The van der Waals surface area contributed by atoms with Gasteiger partial charge in [-0.3, -0.25) is 24.6 Å². The minimum Gasteiger partial charge on any atom is -0.504 e. The molecule has 192 valence electrons. The lowest BCUT2D eigenvalue weighted by Gasteiger charge is -2.29. The Kier molecular flexibility index (Phi) is 4.74. The second kappa shape index (κ2) is 7.96. The lowest BCUT2D eigenvalue weighted by atomic mass is 9.76. The number of carbonyl (C=O) groups is 3. The van der Waals surface area contributed by atoms with Crippen LogP contribution < -0.4 is 20.1 Å². The first-order chi connectivity index (χ1) is 18.4. The molecule has 1 spiro atoms. The van der Waals surface area contributed by atoms with Gasteiger partial charge in [-0.25, -0.2) is 0 Å². The predicted octanol–water partition coefficient (Wildman–Crippen LogP) is 1.99. The number of nitrogens with one attached hydrogen (secondary N) is 2. The summed E-state index contributed by atoms with van der Waals surface area (Å²) in [6.07, 6.45) is 0.253. The summed E-state index contributed by atoms with van der Waals surface area (Å²) in [6, 6.07) is 16.3. The minimum atomic E-state index is -1.42. The zero-order valence-corrected chi connectivity index (χ0v) is 20.0. The molecule has 4 aliphatic heterocycles. The number of phenols is 2. The van der Waals surface area contributed by atoms with Crippen LogP contribution >= 0.6 is 0 Å². The van der Waals surface area contributed by atoms with Crippen LogP contribution in [0.5, 0.6) is 23.0 Å². The predicted molar refractivity (Wildman–Crippen MR) is 132 cm³/mol. The molecule has 4 aliphatic rings. The van der Waals surface area contributed by atoms with Crippen molar-refractivity contribution in [2.75, 3.05) is 12.1 Å². The van der Waals surface area contributed by atoms with Gasteiger partial charge in [-0.05, 0) is 47.9 Å². The second-order valence-electron chi connectivity index (χ2n) is 10.0. The van der Waals surface area contributed by atoms with Gasteiger partial charge in [0.25, 0.3) is 0 Å². The first kappa shape index (κ1) is 22.6. The standard InChI is InChI=1S/C28H23N3O7/c32-19-7-5-14(10-20(19)33)9-18-23-24(28(30-18)16-3-1-2-4-17(16)29-27(28)36)26(35)31(25(23)34)12-15-6-8-21-22(11-15)38-13-37-21/h1-8,10-11,18,23-24,30,32-33H,9,12-13H2,(H,29,36)/t18-,23-,24-,28+/m1/s1. The molecule has 0 saturated carbocycles. The number of carbonyl (C=O) groups excluding carboxylic acids is 3. The first-order valence-corrected chi connectivity index (χ1v) is 12.3. The van der Waals surface area contributed by atoms with Gasteiger partial charge in [0.2, 0.25) is 24.5 Å². The molecule has 2 saturated heterocycles. The molecule has 7 rings (SSSR count). The van der Waals surface area contributed by atoms with Crippen LogP contribution in [0.15, 0.2) is 60.7 Å². The third-order valence-electron chi connectivity index (χ3n) is 7.99. The Balaban J connectivity index is 1.29. The third-order valence-corrected chi connectivity index (χ3v) is 7.99. The Morgan fingerprint density at radius 3 is 2.53 bits per heavy atom. The van der Waals surface area contributed by atoms with Crippen LogP contribution in [0.2, 0.25) is 0 Å². The lowest BCUT2D eigenvalue weighted by Crippen LogP contribution is -2.53. The lowest BCUT2D eigenvalue weighted by molar-refractivity contribution is -0.143. The zero-order valence-electron chi connectivity index (χ0n) is 20.0. The van der Waals surface area contributed by atoms with Gasteiger partial charge in [-0.15, -0.1) is 0 Å². The van der Waals surface area contributed by atoms with Crippen molar-refractivity contribution in [3.05, 3.63) is 77.4 Å². The molecule has 3 aromatic carbocycles. The van der Waals surface area contributed by atoms with E-state index in [-0.39, 0.29) is 43.1 Å². The van der Waals surface area contributed by atoms with Gasteiger partial charge in [0.15, 0.2) is 23.0 Å². The average Bonchev–Trinajstić information content (AvgIpc) is 3.63. The van der Waals surface area contributed by atoms with Crippen molar-refractivity contribution in [2.45, 2.75) is 24.5 Å². The van der Waals surface area contributed by atoms with E-state index in [4.69, 9.17) is 9.47 Å². The van der Waals surface area contributed by atoms with Crippen molar-refractivity contribution in [3.8, 4) is 23.0 Å². The number of rotatable bonds is 4. The smallest absolute Gasteiger partial charge is 0.250 e. The van der Waals surface area contributed by atoms with E-state index in [9.17, 15) is 24.6 Å². The fraction of sp³-hybridized carbons (Fsp3) is 0.250. The zero-order chi connectivity index (χ0) is 26.2. The summed E-state index contributed by atoms with van der Waals surface area (Å²) in [5.74, 6) is -2.33. The highest BCUT2D eigenvalue weighted by atomic mass is 16.7. The van der Waals surface area contributed by atoms with Crippen molar-refractivity contribution >= 4 is 23.4 Å². The molecule has 0 bridgehead atoms. The Morgan fingerprint density at radius 2 is 1.68 bits per heavy atom. The van der Waals surface area contributed by atoms with E-state index in [1.165, 1.54) is 17.0 Å². The van der Waals surface area contributed by atoms with E-state index < -0.39 is 29.3 Å². The molecule has 10 heteroatoms. The second-order valence-corrected chi connectivity index (χ2v) is 10.0. The van der Waals surface area contributed by atoms with E-state index in [0.29, 0.717) is 33.9 Å². The molecule has 0 radical (unpaired) electrons. The Morgan fingerprint density at radius 1 is 0.895 bits per heavy atom. The van der Waals surface area contributed by atoms with Crippen molar-refractivity contribution in [2.24, 2.45) is 11.8 Å². The molecule has 3 aromatic rings. The number of para-hydroxylation sites is 1. The Hall–Kier alpha value is -4.57. The molecular weight excluding hydrogens is 490 g/mol. The summed E-state index contributed by atoms with van der Waals surface area (Å²) in [4.78, 5) is 42.7. The van der Waals surface area contributed by atoms with E-state index in [0.717, 1.165) is 0 Å². The van der Waals surface area contributed by atoms with Gasteiger partial charge >= 0.3 is 0 Å². The quantitative estimate of drug-likeness (QED) is 0.307. The number of nitrogens with zero attached hydrogens (tertiary/aromatic N) is 1. The molecular formula is C28H23N3O7. The summed E-state index contributed by atoms with van der Waals surface area (Å²) in [6.45, 7) is 0.148.